The Labute approximate surface area is 72.2 Å². The second kappa shape index (κ2) is 3.01. The van der Waals surface area contributed by atoms with Gasteiger partial charge in [-0.1, -0.05) is 13.2 Å². The number of aromatic nitrogens is 1. The molecule has 1 aromatic heterocycles. The minimum Gasteiger partial charge on any atom is -0.359 e. The number of H-pyrrole nitrogens is 1. The Morgan fingerprint density at radius 3 is 2.73 bits per heavy atom. The van der Waals surface area contributed by atoms with E-state index in [-0.39, 0.29) is 0 Å². The highest BCUT2D eigenvalue weighted by Gasteiger charge is 2.02. The summed E-state index contributed by atoms with van der Waals surface area (Å²) in [6, 6.07) is 2.01. The molecule has 0 saturated carbocycles. The van der Waals surface area contributed by atoms with Crippen molar-refractivity contribution in [2.45, 2.75) is 6.92 Å². The Morgan fingerprint density at radius 2 is 2.36 bits per heavy atom. The van der Waals surface area contributed by atoms with Crippen LogP contribution in [-0.4, -0.2) is 4.98 Å². The topological polar surface area (TPSA) is 15.8 Å². The first-order valence-corrected chi connectivity index (χ1v) is 3.80. The molecule has 11 heavy (non-hydrogen) atoms. The SMILES string of the molecule is C=Cc1[nH]c(C)cc1C(=C)S. The molecule has 0 aliphatic heterocycles. The molecule has 1 nitrogen and oxygen atoms in total. The molecule has 0 aliphatic carbocycles. The molecule has 0 unspecified atom stereocenters. The third-order valence-electron chi connectivity index (χ3n) is 1.50. The van der Waals surface area contributed by atoms with Crippen LogP contribution in [0.2, 0.25) is 0 Å². The van der Waals surface area contributed by atoms with E-state index < -0.39 is 0 Å². The molecule has 0 aliphatic rings. The van der Waals surface area contributed by atoms with E-state index in [4.69, 9.17) is 0 Å². The van der Waals surface area contributed by atoms with Gasteiger partial charge < -0.3 is 4.98 Å². The van der Waals surface area contributed by atoms with Gasteiger partial charge in [0.05, 0.1) is 0 Å². The lowest BCUT2D eigenvalue weighted by molar-refractivity contribution is 1.25. The Morgan fingerprint density at radius 1 is 1.73 bits per heavy atom. The summed E-state index contributed by atoms with van der Waals surface area (Å²) in [6.45, 7) is 9.42. The zero-order valence-corrected chi connectivity index (χ0v) is 7.41. The minimum atomic E-state index is 0.768. The number of hydrogen-bond donors (Lipinski definition) is 2. The Balaban J connectivity index is 3.22. The maximum Gasteiger partial charge on any atom is 0.0461 e. The summed E-state index contributed by atoms with van der Waals surface area (Å²) in [4.78, 5) is 3.92. The predicted octanol–water partition coefficient (Wildman–Crippen LogP) is 2.87. The van der Waals surface area contributed by atoms with Gasteiger partial charge in [-0.05, 0) is 19.1 Å². The van der Waals surface area contributed by atoms with Crippen LogP contribution < -0.4 is 0 Å². The monoisotopic (exact) mass is 165 g/mol. The summed E-state index contributed by atoms with van der Waals surface area (Å²) in [7, 11) is 0. The molecule has 58 valence electrons. The number of aryl methyl sites for hydroxylation is 1. The van der Waals surface area contributed by atoms with Crippen LogP contribution in [0.15, 0.2) is 19.2 Å². The van der Waals surface area contributed by atoms with Crippen molar-refractivity contribution in [3.8, 4) is 0 Å². The van der Waals surface area contributed by atoms with Crippen molar-refractivity contribution in [1.29, 1.82) is 0 Å². The van der Waals surface area contributed by atoms with Gasteiger partial charge in [-0.15, -0.1) is 12.6 Å². The van der Waals surface area contributed by atoms with E-state index in [0.717, 1.165) is 21.9 Å². The lowest BCUT2D eigenvalue weighted by atomic mass is 10.2. The van der Waals surface area contributed by atoms with Crippen LogP contribution in [0.1, 0.15) is 17.0 Å². The molecule has 0 bridgehead atoms. The number of thiol groups is 1. The van der Waals surface area contributed by atoms with Crippen molar-refractivity contribution in [2.75, 3.05) is 0 Å². The molecule has 0 atom stereocenters. The predicted molar refractivity (Wildman–Crippen MR) is 53.6 cm³/mol. The number of nitrogens with one attached hydrogen (secondary N) is 1. The molecular weight excluding hydrogens is 154 g/mol. The van der Waals surface area contributed by atoms with Gasteiger partial charge in [0.1, 0.15) is 0 Å². The minimum absolute atomic E-state index is 0.768. The number of aromatic amines is 1. The molecule has 1 N–H and O–H groups in total. The standard InChI is InChI=1S/C9H11NS/c1-4-9-8(7(3)11)5-6(2)10-9/h4-5,10-11H,1,3H2,2H3. The quantitative estimate of drug-likeness (QED) is 0.627. The molecule has 0 amide bonds. The van der Waals surface area contributed by atoms with Crippen LogP contribution in [0.3, 0.4) is 0 Å². The van der Waals surface area contributed by atoms with E-state index >= 15 is 0 Å². The van der Waals surface area contributed by atoms with Crippen molar-refractivity contribution in [1.82, 2.24) is 4.98 Å². The molecule has 2 heteroatoms. The Bertz CT molecular complexity index is 297. The summed E-state index contributed by atoms with van der Waals surface area (Å²) in [5.74, 6) is 0. The van der Waals surface area contributed by atoms with Gasteiger partial charge in [0.2, 0.25) is 0 Å². The average Bonchev–Trinajstić information content (AvgIpc) is 2.30. The summed E-state index contributed by atoms with van der Waals surface area (Å²) in [5.41, 5.74) is 3.12. The average molecular weight is 165 g/mol. The zero-order valence-electron chi connectivity index (χ0n) is 6.52. The van der Waals surface area contributed by atoms with E-state index in [1.165, 1.54) is 0 Å². The Kier molecular flexibility index (Phi) is 2.25. The summed E-state index contributed by atoms with van der Waals surface area (Å²) >= 11 is 4.16. The lowest BCUT2D eigenvalue weighted by Crippen LogP contribution is -1.76. The van der Waals surface area contributed by atoms with Crippen LogP contribution >= 0.6 is 12.6 Å². The molecule has 0 spiro atoms. The second-order valence-electron chi connectivity index (χ2n) is 2.43. The highest BCUT2D eigenvalue weighted by Crippen LogP contribution is 2.22. The van der Waals surface area contributed by atoms with Crippen molar-refractivity contribution in [3.05, 3.63) is 36.2 Å². The zero-order chi connectivity index (χ0) is 8.43. The number of rotatable bonds is 2. The fraction of sp³-hybridized carbons (Fsp3) is 0.111. The summed E-state index contributed by atoms with van der Waals surface area (Å²) in [6.07, 6.45) is 1.77. The number of hydrogen-bond acceptors (Lipinski definition) is 1. The maximum atomic E-state index is 4.16. The van der Waals surface area contributed by atoms with E-state index in [2.05, 4.69) is 30.8 Å². The molecule has 1 heterocycles. The van der Waals surface area contributed by atoms with E-state index in [9.17, 15) is 0 Å². The fourth-order valence-corrected chi connectivity index (χ4v) is 1.19. The van der Waals surface area contributed by atoms with Crippen LogP contribution in [-0.2, 0) is 0 Å². The molecule has 0 radical (unpaired) electrons. The van der Waals surface area contributed by atoms with E-state index in [0.29, 0.717) is 0 Å². The van der Waals surface area contributed by atoms with E-state index in [1.807, 2.05) is 13.0 Å². The van der Waals surface area contributed by atoms with Crippen LogP contribution in [0.25, 0.3) is 11.0 Å². The lowest BCUT2D eigenvalue weighted by Gasteiger charge is -1.94. The second-order valence-corrected chi connectivity index (χ2v) is 2.97. The van der Waals surface area contributed by atoms with Gasteiger partial charge in [-0.25, -0.2) is 0 Å². The van der Waals surface area contributed by atoms with Crippen molar-refractivity contribution in [3.63, 3.8) is 0 Å². The van der Waals surface area contributed by atoms with Crippen LogP contribution in [0, 0.1) is 6.92 Å². The van der Waals surface area contributed by atoms with Crippen molar-refractivity contribution < 1.29 is 0 Å². The first-order valence-electron chi connectivity index (χ1n) is 3.35. The van der Waals surface area contributed by atoms with Crippen molar-refractivity contribution in [2.24, 2.45) is 0 Å². The molecule has 1 rings (SSSR count). The molecule has 0 saturated heterocycles. The maximum absolute atomic E-state index is 4.16. The van der Waals surface area contributed by atoms with E-state index in [1.54, 1.807) is 6.08 Å². The third kappa shape index (κ3) is 1.57. The van der Waals surface area contributed by atoms with Gasteiger partial charge in [0, 0.05) is 21.9 Å². The van der Waals surface area contributed by atoms with Gasteiger partial charge in [0.15, 0.2) is 0 Å². The smallest absolute Gasteiger partial charge is 0.0461 e. The summed E-state index contributed by atoms with van der Waals surface area (Å²) in [5, 5.41) is 0. The van der Waals surface area contributed by atoms with Crippen molar-refractivity contribution >= 4 is 23.6 Å². The first kappa shape index (κ1) is 8.21. The highest BCUT2D eigenvalue weighted by atomic mass is 32.1. The van der Waals surface area contributed by atoms with Crippen LogP contribution in [0.4, 0.5) is 0 Å². The summed E-state index contributed by atoms with van der Waals surface area (Å²) < 4.78 is 0. The fourth-order valence-electron chi connectivity index (χ4n) is 1.01. The van der Waals surface area contributed by atoms with Crippen LogP contribution in [0.5, 0.6) is 0 Å². The molecule has 0 aromatic carbocycles. The third-order valence-corrected chi connectivity index (χ3v) is 1.74. The largest absolute Gasteiger partial charge is 0.359 e. The van der Waals surface area contributed by atoms with Gasteiger partial charge in [-0.2, -0.15) is 0 Å². The van der Waals surface area contributed by atoms with Gasteiger partial charge >= 0.3 is 0 Å². The Hall–Kier alpha value is -0.890. The van der Waals surface area contributed by atoms with Gasteiger partial charge in [-0.3, -0.25) is 0 Å². The first-order chi connectivity index (χ1) is 5.15. The molecule has 0 fully saturated rings. The molecule has 1 aromatic rings. The normalized spacial score (nSPS) is 9.64. The van der Waals surface area contributed by atoms with Gasteiger partial charge in [0.25, 0.3) is 0 Å². The highest BCUT2D eigenvalue weighted by molar-refractivity contribution is 7.90. The molecular formula is C9H11NS.